The summed E-state index contributed by atoms with van der Waals surface area (Å²) in [6.07, 6.45) is 2.50. The van der Waals surface area contributed by atoms with Gasteiger partial charge in [0.15, 0.2) is 0 Å². The van der Waals surface area contributed by atoms with Gasteiger partial charge in [-0.05, 0) is 37.9 Å². The first kappa shape index (κ1) is 14.9. The van der Waals surface area contributed by atoms with Crippen molar-refractivity contribution < 1.29 is 14.7 Å². The van der Waals surface area contributed by atoms with Crippen LogP contribution in [0.4, 0.5) is 0 Å². The Hall–Kier alpha value is -2.14. The van der Waals surface area contributed by atoms with Gasteiger partial charge in [0.2, 0.25) is 0 Å². The summed E-state index contributed by atoms with van der Waals surface area (Å²) in [5.74, 6) is -1.17. The highest BCUT2D eigenvalue weighted by Gasteiger charge is 2.04. The van der Waals surface area contributed by atoms with Crippen LogP contribution in [-0.4, -0.2) is 49.1 Å². The van der Waals surface area contributed by atoms with E-state index in [-0.39, 0.29) is 5.91 Å². The Balaban J connectivity index is 2.65. The van der Waals surface area contributed by atoms with Gasteiger partial charge < -0.3 is 15.3 Å². The van der Waals surface area contributed by atoms with Gasteiger partial charge in [-0.3, -0.25) is 4.79 Å². The Labute approximate surface area is 112 Å². The van der Waals surface area contributed by atoms with Crippen LogP contribution in [0.2, 0.25) is 0 Å². The van der Waals surface area contributed by atoms with E-state index in [1.807, 2.05) is 19.0 Å². The molecule has 0 spiro atoms. The van der Waals surface area contributed by atoms with Crippen molar-refractivity contribution in [2.45, 2.75) is 0 Å². The second-order valence-corrected chi connectivity index (χ2v) is 4.36. The summed E-state index contributed by atoms with van der Waals surface area (Å²) in [5, 5.41) is 11.4. The number of likely N-dealkylation sites (N-methyl/N-ethyl adjacent to an activating group) is 1. The lowest BCUT2D eigenvalue weighted by Gasteiger charge is -2.10. The average molecular weight is 262 g/mol. The van der Waals surface area contributed by atoms with E-state index in [1.165, 1.54) is 6.08 Å². The van der Waals surface area contributed by atoms with E-state index in [0.717, 1.165) is 12.6 Å². The molecule has 1 amide bonds. The molecule has 0 saturated carbocycles. The first-order valence-electron chi connectivity index (χ1n) is 5.93. The number of hydrogen-bond acceptors (Lipinski definition) is 3. The molecule has 0 aliphatic rings. The minimum atomic E-state index is -1.01. The van der Waals surface area contributed by atoms with E-state index in [0.29, 0.717) is 17.7 Å². The zero-order valence-electron chi connectivity index (χ0n) is 11.1. The second kappa shape index (κ2) is 7.33. The highest BCUT2D eigenvalue weighted by atomic mass is 16.4. The van der Waals surface area contributed by atoms with Gasteiger partial charge in [-0.15, -0.1) is 0 Å². The zero-order chi connectivity index (χ0) is 14.3. The smallest absolute Gasteiger partial charge is 0.328 e. The number of carboxylic acids is 1. The molecule has 1 aromatic carbocycles. The normalized spacial score (nSPS) is 10.9. The molecule has 102 valence electrons. The molecule has 1 aromatic rings. The molecule has 0 saturated heterocycles. The molecule has 2 N–H and O–H groups in total. The number of benzene rings is 1. The maximum atomic E-state index is 11.8. The average Bonchev–Trinajstić information content (AvgIpc) is 2.36. The van der Waals surface area contributed by atoms with Crippen LogP contribution in [0, 0.1) is 0 Å². The molecule has 0 heterocycles. The minimum Gasteiger partial charge on any atom is -0.478 e. The Morgan fingerprint density at radius 3 is 2.74 bits per heavy atom. The van der Waals surface area contributed by atoms with Gasteiger partial charge in [0, 0.05) is 24.7 Å². The van der Waals surface area contributed by atoms with Gasteiger partial charge in [0.05, 0.1) is 0 Å². The highest BCUT2D eigenvalue weighted by Crippen LogP contribution is 2.07. The van der Waals surface area contributed by atoms with Crippen LogP contribution in [0.25, 0.3) is 6.08 Å². The van der Waals surface area contributed by atoms with Crippen LogP contribution in [-0.2, 0) is 4.79 Å². The number of hydrogen-bond donors (Lipinski definition) is 2. The largest absolute Gasteiger partial charge is 0.478 e. The van der Waals surface area contributed by atoms with Crippen molar-refractivity contribution in [1.29, 1.82) is 0 Å². The Bertz CT molecular complexity index is 481. The molecular weight excluding hydrogens is 244 g/mol. The minimum absolute atomic E-state index is 0.160. The number of nitrogens with zero attached hydrogens (tertiary/aromatic N) is 1. The zero-order valence-corrected chi connectivity index (χ0v) is 11.1. The Kier molecular flexibility index (Phi) is 5.75. The van der Waals surface area contributed by atoms with Crippen LogP contribution in [0.1, 0.15) is 15.9 Å². The number of amides is 1. The van der Waals surface area contributed by atoms with E-state index in [2.05, 4.69) is 5.32 Å². The van der Waals surface area contributed by atoms with Crippen molar-refractivity contribution >= 4 is 18.0 Å². The van der Waals surface area contributed by atoms with Gasteiger partial charge in [-0.25, -0.2) is 4.79 Å². The molecule has 0 aliphatic carbocycles. The molecular formula is C14H18N2O3. The molecule has 0 bridgehead atoms. The topological polar surface area (TPSA) is 69.6 Å². The van der Waals surface area contributed by atoms with E-state index < -0.39 is 5.97 Å². The molecule has 0 fully saturated rings. The van der Waals surface area contributed by atoms with E-state index in [1.54, 1.807) is 24.3 Å². The monoisotopic (exact) mass is 262 g/mol. The summed E-state index contributed by atoms with van der Waals surface area (Å²) < 4.78 is 0. The van der Waals surface area contributed by atoms with Crippen molar-refractivity contribution in [3.05, 3.63) is 41.5 Å². The summed E-state index contributed by atoms with van der Waals surface area (Å²) >= 11 is 0. The van der Waals surface area contributed by atoms with Crippen molar-refractivity contribution in [1.82, 2.24) is 10.2 Å². The SMILES string of the molecule is CN(C)CCNC(=O)c1cccc(/C=C/C(=O)O)c1. The first-order valence-corrected chi connectivity index (χ1v) is 5.93. The van der Waals surface area contributed by atoms with Crippen LogP contribution < -0.4 is 5.32 Å². The Morgan fingerprint density at radius 2 is 2.11 bits per heavy atom. The van der Waals surface area contributed by atoms with Gasteiger partial charge >= 0.3 is 5.97 Å². The van der Waals surface area contributed by atoms with Crippen LogP contribution in [0.3, 0.4) is 0 Å². The van der Waals surface area contributed by atoms with E-state index in [4.69, 9.17) is 5.11 Å². The lowest BCUT2D eigenvalue weighted by atomic mass is 10.1. The van der Waals surface area contributed by atoms with Crippen LogP contribution in [0.15, 0.2) is 30.3 Å². The number of rotatable bonds is 6. The third kappa shape index (κ3) is 5.83. The molecule has 1 rings (SSSR count). The van der Waals surface area contributed by atoms with Crippen molar-refractivity contribution in [2.24, 2.45) is 0 Å². The molecule has 5 heteroatoms. The first-order chi connectivity index (χ1) is 8.99. The van der Waals surface area contributed by atoms with E-state index >= 15 is 0 Å². The second-order valence-electron chi connectivity index (χ2n) is 4.36. The molecule has 0 aromatic heterocycles. The summed E-state index contributed by atoms with van der Waals surface area (Å²) in [6.45, 7) is 1.34. The van der Waals surface area contributed by atoms with Crippen LogP contribution >= 0.6 is 0 Å². The van der Waals surface area contributed by atoms with Crippen molar-refractivity contribution in [3.8, 4) is 0 Å². The molecule has 19 heavy (non-hydrogen) atoms. The quantitative estimate of drug-likeness (QED) is 0.753. The predicted molar refractivity (Wildman–Crippen MR) is 74.0 cm³/mol. The third-order valence-corrected chi connectivity index (χ3v) is 2.41. The fourth-order valence-corrected chi connectivity index (χ4v) is 1.45. The van der Waals surface area contributed by atoms with Crippen molar-refractivity contribution in [2.75, 3.05) is 27.2 Å². The van der Waals surface area contributed by atoms with E-state index in [9.17, 15) is 9.59 Å². The summed E-state index contributed by atoms with van der Waals surface area (Å²) in [4.78, 5) is 24.3. The summed E-state index contributed by atoms with van der Waals surface area (Å²) in [5.41, 5.74) is 1.20. The summed E-state index contributed by atoms with van der Waals surface area (Å²) in [6, 6.07) is 6.83. The molecule has 0 aliphatic heterocycles. The summed E-state index contributed by atoms with van der Waals surface area (Å²) in [7, 11) is 3.87. The molecule has 0 unspecified atom stereocenters. The third-order valence-electron chi connectivity index (χ3n) is 2.41. The number of carbonyl (C=O) groups excluding carboxylic acids is 1. The van der Waals surface area contributed by atoms with Gasteiger partial charge in [0.1, 0.15) is 0 Å². The van der Waals surface area contributed by atoms with Gasteiger partial charge in [0.25, 0.3) is 5.91 Å². The molecule has 0 radical (unpaired) electrons. The fourth-order valence-electron chi connectivity index (χ4n) is 1.45. The maximum absolute atomic E-state index is 11.8. The van der Waals surface area contributed by atoms with Crippen molar-refractivity contribution in [3.63, 3.8) is 0 Å². The lowest BCUT2D eigenvalue weighted by Crippen LogP contribution is -2.31. The number of aliphatic carboxylic acids is 1. The molecule has 5 nitrogen and oxygen atoms in total. The number of carbonyl (C=O) groups is 2. The lowest BCUT2D eigenvalue weighted by molar-refractivity contribution is -0.131. The van der Waals surface area contributed by atoms with Gasteiger partial charge in [-0.1, -0.05) is 12.1 Å². The predicted octanol–water partition coefficient (Wildman–Crippen LogP) is 1.08. The maximum Gasteiger partial charge on any atom is 0.328 e. The number of nitrogens with one attached hydrogen (secondary N) is 1. The highest BCUT2D eigenvalue weighted by molar-refractivity contribution is 5.95. The van der Waals surface area contributed by atoms with Crippen LogP contribution in [0.5, 0.6) is 0 Å². The standard InChI is InChI=1S/C14H18N2O3/c1-16(2)9-8-15-14(19)12-5-3-4-11(10-12)6-7-13(17)18/h3-7,10H,8-9H2,1-2H3,(H,15,19)(H,17,18)/b7-6+. The van der Waals surface area contributed by atoms with Gasteiger partial charge in [-0.2, -0.15) is 0 Å². The fraction of sp³-hybridized carbons (Fsp3) is 0.286. The Morgan fingerprint density at radius 1 is 1.37 bits per heavy atom. The number of carboxylic acid groups (broad SMARTS) is 1. The molecule has 0 atom stereocenters.